The second kappa shape index (κ2) is 16.2. The van der Waals surface area contributed by atoms with Crippen molar-refractivity contribution in [3.8, 4) is 0 Å². The Morgan fingerprint density at radius 2 is 0.804 bits per heavy atom. The number of unbranched alkanes of at least 4 members (excludes halogenated alkanes) is 4. The molecule has 0 bridgehead atoms. The van der Waals surface area contributed by atoms with Crippen molar-refractivity contribution in [1.82, 2.24) is 21.3 Å². The van der Waals surface area contributed by atoms with Gasteiger partial charge in [0.1, 0.15) is 23.3 Å². The van der Waals surface area contributed by atoms with Crippen molar-refractivity contribution in [3.63, 3.8) is 0 Å². The first-order chi connectivity index (χ1) is 22.1. The summed E-state index contributed by atoms with van der Waals surface area (Å²) in [6, 6.07) is 12.0. The Hall–Kier alpha value is -4.45. The molecule has 6 rings (SSSR count). The molecule has 2 aromatic carbocycles. The van der Waals surface area contributed by atoms with Gasteiger partial charge in [0.25, 0.3) is 0 Å². The van der Waals surface area contributed by atoms with Gasteiger partial charge in [-0.05, 0) is 49.2 Å². The largest absolute Gasteiger partial charge is 0.368 e. The molecule has 0 saturated carbocycles. The van der Waals surface area contributed by atoms with E-state index in [9.17, 15) is 9.59 Å². The van der Waals surface area contributed by atoms with Crippen LogP contribution in [0.1, 0.15) is 67.2 Å². The summed E-state index contributed by atoms with van der Waals surface area (Å²) >= 11 is 0. The van der Waals surface area contributed by atoms with Crippen LogP contribution in [0.5, 0.6) is 0 Å². The third-order valence-electron chi connectivity index (χ3n) is 8.03. The fourth-order valence-corrected chi connectivity index (χ4v) is 5.86. The van der Waals surface area contributed by atoms with Crippen LogP contribution >= 0.6 is 12.4 Å². The van der Waals surface area contributed by atoms with E-state index >= 15 is 0 Å². The highest BCUT2D eigenvalue weighted by atomic mass is 35.5. The van der Waals surface area contributed by atoms with Gasteiger partial charge in [0.15, 0.2) is 0 Å². The highest BCUT2D eigenvalue weighted by molar-refractivity contribution is 6.08. The molecule has 4 aliphatic heterocycles. The summed E-state index contributed by atoms with van der Waals surface area (Å²) in [5, 5.41) is 19.4. The lowest BCUT2D eigenvalue weighted by atomic mass is 10.1. The lowest BCUT2D eigenvalue weighted by Gasteiger charge is -2.12. The summed E-state index contributed by atoms with van der Waals surface area (Å²) in [4.78, 5) is 43.7. The number of aliphatic imine (C=N–C) groups is 4. The molecule has 6 N–H and O–H groups in total. The van der Waals surface area contributed by atoms with E-state index in [1.54, 1.807) is 0 Å². The van der Waals surface area contributed by atoms with Crippen molar-refractivity contribution >= 4 is 58.9 Å². The molecule has 4 aliphatic rings. The summed E-state index contributed by atoms with van der Waals surface area (Å²) in [5.74, 6) is 3.41. The number of amides is 2. The monoisotopic (exact) mass is 646 g/mol. The second-order valence-corrected chi connectivity index (χ2v) is 11.6. The number of nitrogens with zero attached hydrogens (tertiary/aromatic N) is 4. The summed E-state index contributed by atoms with van der Waals surface area (Å²) in [6.07, 6.45) is 5.38. The summed E-state index contributed by atoms with van der Waals surface area (Å²) < 4.78 is 0. The molecule has 2 aromatic rings. The van der Waals surface area contributed by atoms with E-state index in [0.717, 1.165) is 141 Å². The topological polar surface area (TPSA) is 156 Å². The van der Waals surface area contributed by atoms with Crippen LogP contribution in [0.4, 0.5) is 11.4 Å². The lowest BCUT2D eigenvalue weighted by molar-refractivity contribution is -0.117. The molecule has 46 heavy (non-hydrogen) atoms. The van der Waals surface area contributed by atoms with Crippen molar-refractivity contribution in [2.24, 2.45) is 20.0 Å². The van der Waals surface area contributed by atoms with Crippen molar-refractivity contribution in [2.75, 3.05) is 63.0 Å². The number of rotatable bonds is 14. The van der Waals surface area contributed by atoms with E-state index in [0.29, 0.717) is 12.8 Å². The Balaban J connectivity index is 0.00000417. The van der Waals surface area contributed by atoms with Gasteiger partial charge in [-0.3, -0.25) is 29.6 Å². The number of amidine groups is 4. The molecule has 0 unspecified atom stereocenters. The number of carbonyl (C=O) groups excluding carboxylic acids is 2. The number of hydrogen-bond acceptors (Lipinski definition) is 10. The van der Waals surface area contributed by atoms with Gasteiger partial charge < -0.3 is 31.9 Å². The molecule has 244 valence electrons. The molecule has 0 fully saturated rings. The Bertz CT molecular complexity index is 1350. The maximum Gasteiger partial charge on any atom is 0.224 e. The van der Waals surface area contributed by atoms with Crippen LogP contribution in [0.2, 0.25) is 0 Å². The Labute approximate surface area is 275 Å². The minimum absolute atomic E-state index is 0. The number of hydrogen-bond donors (Lipinski definition) is 6. The first-order valence-corrected chi connectivity index (χ1v) is 16.2. The first-order valence-electron chi connectivity index (χ1n) is 16.2. The molecule has 0 aromatic heterocycles. The third kappa shape index (κ3) is 8.84. The van der Waals surface area contributed by atoms with E-state index in [4.69, 9.17) is 0 Å². The fraction of sp³-hybridized carbons (Fsp3) is 0.455. The van der Waals surface area contributed by atoms with Gasteiger partial charge in [-0.2, -0.15) is 0 Å². The first kappa shape index (κ1) is 32.9. The summed E-state index contributed by atoms with van der Waals surface area (Å²) in [5.41, 5.74) is 5.32. The van der Waals surface area contributed by atoms with Gasteiger partial charge >= 0.3 is 0 Å². The van der Waals surface area contributed by atoms with Gasteiger partial charge in [-0.15, -0.1) is 12.4 Å². The highest BCUT2D eigenvalue weighted by Gasteiger charge is 2.17. The third-order valence-corrected chi connectivity index (χ3v) is 8.03. The maximum atomic E-state index is 12.8. The SMILES string of the molecule is Cl.O=C(CCCCCCCC(=O)Nc1cc(C2=NCCN2)cc(C2=NCCN2)c1)Nc1cc(C2=NCCN2)cc(C2=NCCN2)c1. The number of halogens is 1. The summed E-state index contributed by atoms with van der Waals surface area (Å²) in [7, 11) is 0. The highest BCUT2D eigenvalue weighted by Crippen LogP contribution is 2.20. The molecule has 4 heterocycles. The van der Waals surface area contributed by atoms with Crippen molar-refractivity contribution < 1.29 is 9.59 Å². The predicted octanol–water partition coefficient (Wildman–Crippen LogP) is 2.82. The number of anilines is 2. The zero-order valence-electron chi connectivity index (χ0n) is 26.1. The molecule has 0 spiro atoms. The Morgan fingerprint density at radius 3 is 1.09 bits per heavy atom. The fourth-order valence-electron chi connectivity index (χ4n) is 5.86. The van der Waals surface area contributed by atoms with Crippen LogP contribution in [0.25, 0.3) is 0 Å². The van der Waals surface area contributed by atoms with Crippen molar-refractivity contribution in [2.45, 2.75) is 44.9 Å². The van der Waals surface area contributed by atoms with E-state index in [-0.39, 0.29) is 24.2 Å². The molecular formula is C33H43ClN10O2. The molecular weight excluding hydrogens is 604 g/mol. The molecule has 0 aliphatic carbocycles. The zero-order valence-corrected chi connectivity index (χ0v) is 26.9. The van der Waals surface area contributed by atoms with Crippen LogP contribution in [0.3, 0.4) is 0 Å². The van der Waals surface area contributed by atoms with Crippen molar-refractivity contribution in [1.29, 1.82) is 0 Å². The van der Waals surface area contributed by atoms with Gasteiger partial charge in [-0.1, -0.05) is 19.3 Å². The minimum Gasteiger partial charge on any atom is -0.368 e. The molecule has 12 nitrogen and oxygen atoms in total. The smallest absolute Gasteiger partial charge is 0.224 e. The minimum atomic E-state index is -0.000693. The average Bonchev–Trinajstić information content (AvgIpc) is 3.89. The van der Waals surface area contributed by atoms with Crippen LogP contribution < -0.4 is 31.9 Å². The molecule has 0 saturated heterocycles. The molecule has 2 amide bonds. The molecule has 0 atom stereocenters. The van der Waals surface area contributed by atoms with Crippen LogP contribution in [-0.4, -0.2) is 87.5 Å². The quantitative estimate of drug-likeness (QED) is 0.173. The Morgan fingerprint density at radius 1 is 0.500 bits per heavy atom. The summed E-state index contributed by atoms with van der Waals surface area (Å²) in [6.45, 7) is 6.30. The van der Waals surface area contributed by atoms with Gasteiger partial charge in [0.05, 0.1) is 26.2 Å². The predicted molar refractivity (Wildman–Crippen MR) is 187 cm³/mol. The number of carbonyl (C=O) groups is 2. The van der Waals surface area contributed by atoms with E-state index in [2.05, 4.69) is 64.0 Å². The Kier molecular flexibility index (Phi) is 11.6. The second-order valence-electron chi connectivity index (χ2n) is 11.6. The van der Waals surface area contributed by atoms with Crippen LogP contribution in [-0.2, 0) is 9.59 Å². The zero-order chi connectivity index (χ0) is 30.8. The van der Waals surface area contributed by atoms with Gasteiger partial charge in [0.2, 0.25) is 11.8 Å². The maximum absolute atomic E-state index is 12.8. The number of benzene rings is 2. The van der Waals surface area contributed by atoms with E-state index in [1.807, 2.05) is 24.3 Å². The van der Waals surface area contributed by atoms with Crippen molar-refractivity contribution in [3.05, 3.63) is 58.7 Å². The molecule has 13 heteroatoms. The normalized spacial score (nSPS) is 16.5. The van der Waals surface area contributed by atoms with Gasteiger partial charge in [0, 0.05) is 72.6 Å². The van der Waals surface area contributed by atoms with E-state index < -0.39 is 0 Å². The van der Waals surface area contributed by atoms with Crippen LogP contribution in [0, 0.1) is 0 Å². The average molecular weight is 647 g/mol. The van der Waals surface area contributed by atoms with Crippen LogP contribution in [0.15, 0.2) is 56.4 Å². The van der Waals surface area contributed by atoms with Gasteiger partial charge in [-0.25, -0.2) is 0 Å². The lowest BCUT2D eigenvalue weighted by Crippen LogP contribution is -2.23. The molecule has 0 radical (unpaired) electrons. The number of nitrogens with one attached hydrogen (secondary N) is 6. The standard InChI is InChI=1S/C33H42N10O2.ClH/c44-28(42-26-18-22(30-34-8-9-35-30)16-23(19-26)31-36-10-11-37-31)6-4-2-1-3-5-7-29(45)43-27-20-24(32-38-12-13-39-32)17-25(21-27)33-40-14-15-41-33;/h16-21H,1-15H2,(H,34,35)(H,36,37)(H,38,39)(H,40,41)(H,42,44)(H,43,45);1H. The van der Waals surface area contributed by atoms with E-state index in [1.165, 1.54) is 0 Å².